The number of hydrogen-bond acceptors (Lipinski definition) is 2. The number of benzene rings is 1. The van der Waals surface area contributed by atoms with E-state index in [-0.39, 0.29) is 18.1 Å². The molecule has 1 amide bonds. The molecule has 0 saturated carbocycles. The Labute approximate surface area is 118 Å². The molecule has 0 radical (unpaired) electrons. The van der Waals surface area contributed by atoms with Crippen molar-refractivity contribution in [1.82, 2.24) is 0 Å². The number of carbonyl (C=O) groups excluding carboxylic acids is 2. The van der Waals surface area contributed by atoms with Crippen LogP contribution in [0.2, 0.25) is 0 Å². The van der Waals surface area contributed by atoms with Gasteiger partial charge in [0.1, 0.15) is 0 Å². The topological polar surface area (TPSA) is 46.5 Å². The van der Waals surface area contributed by atoms with Gasteiger partial charge in [0.2, 0.25) is 0 Å². The summed E-state index contributed by atoms with van der Waals surface area (Å²) in [6.45, 7) is 5.60. The van der Waals surface area contributed by atoms with Crippen LogP contribution in [0.3, 0.4) is 0 Å². The van der Waals surface area contributed by atoms with Gasteiger partial charge >= 0.3 is 0 Å². The predicted molar refractivity (Wildman–Crippen MR) is 79.8 cm³/mol. The van der Waals surface area contributed by atoms with Gasteiger partial charge in [-0.3, -0.25) is 9.59 Å². The molecule has 0 saturated heterocycles. The summed E-state index contributed by atoms with van der Waals surface area (Å²) in [4.78, 5) is 27.5. The predicted octanol–water partition coefficient (Wildman–Crippen LogP) is 2.98. The molecule has 0 heterocycles. The molecule has 3 heteroatoms. The lowest BCUT2D eigenvalue weighted by Gasteiger charge is -2.11. The number of aryl methyl sites for hydroxylation is 1. The first-order chi connectivity index (χ1) is 9.45. The minimum absolute atomic E-state index is 0.0510. The van der Waals surface area contributed by atoms with Crippen LogP contribution >= 0.6 is 0 Å². The van der Waals surface area contributed by atoms with Crippen molar-refractivity contribution >= 4 is 17.4 Å². The van der Waals surface area contributed by atoms with E-state index in [2.05, 4.69) is 4.99 Å². The lowest BCUT2D eigenvalue weighted by atomic mass is 9.97. The van der Waals surface area contributed by atoms with E-state index in [9.17, 15) is 9.59 Å². The van der Waals surface area contributed by atoms with E-state index in [4.69, 9.17) is 0 Å². The number of carbonyl (C=O) groups is 2. The second-order valence-electron chi connectivity index (χ2n) is 5.07. The van der Waals surface area contributed by atoms with Gasteiger partial charge in [-0.25, -0.2) is 4.99 Å². The largest absolute Gasteiger partial charge is 0.290 e. The molecule has 0 fully saturated rings. The van der Waals surface area contributed by atoms with Crippen molar-refractivity contribution in [2.75, 3.05) is 0 Å². The highest BCUT2D eigenvalue weighted by Gasteiger charge is 2.14. The lowest BCUT2D eigenvalue weighted by Crippen LogP contribution is -2.14. The Kier molecular flexibility index (Phi) is 4.08. The maximum absolute atomic E-state index is 12.0. The van der Waals surface area contributed by atoms with Crippen LogP contribution in [0.15, 0.2) is 52.6 Å². The van der Waals surface area contributed by atoms with Crippen LogP contribution in [0.4, 0.5) is 0 Å². The van der Waals surface area contributed by atoms with Crippen LogP contribution in [0.5, 0.6) is 0 Å². The fourth-order valence-corrected chi connectivity index (χ4v) is 2.14. The first kappa shape index (κ1) is 14.1. The third kappa shape index (κ3) is 3.38. The van der Waals surface area contributed by atoms with Gasteiger partial charge in [-0.15, -0.1) is 0 Å². The smallest absolute Gasteiger partial charge is 0.250 e. The van der Waals surface area contributed by atoms with Gasteiger partial charge in [0.05, 0.1) is 12.1 Å². The van der Waals surface area contributed by atoms with Crippen LogP contribution in [-0.4, -0.2) is 17.4 Å². The molecule has 1 aromatic rings. The zero-order chi connectivity index (χ0) is 14.7. The maximum atomic E-state index is 12.0. The molecule has 1 aliphatic carbocycles. The summed E-state index contributed by atoms with van der Waals surface area (Å²) in [6, 6.07) is 7.82. The molecule has 1 aliphatic rings. The monoisotopic (exact) mass is 267 g/mol. The maximum Gasteiger partial charge on any atom is 0.250 e. The average Bonchev–Trinajstić information content (AvgIpc) is 2.36. The normalized spacial score (nSPS) is 14.8. The van der Waals surface area contributed by atoms with Gasteiger partial charge in [-0.2, -0.15) is 0 Å². The van der Waals surface area contributed by atoms with Crippen molar-refractivity contribution in [2.45, 2.75) is 27.2 Å². The Hall–Kier alpha value is -2.29. The molecular formula is C17H17NO2. The van der Waals surface area contributed by atoms with Crippen molar-refractivity contribution < 1.29 is 9.59 Å². The molecule has 0 unspecified atom stereocenters. The Bertz CT molecular complexity index is 622. The van der Waals surface area contributed by atoms with E-state index in [0.29, 0.717) is 5.71 Å². The van der Waals surface area contributed by atoms with Gasteiger partial charge < -0.3 is 0 Å². The summed E-state index contributed by atoms with van der Waals surface area (Å²) in [5, 5.41) is 0. The second kappa shape index (κ2) is 5.78. The first-order valence-electron chi connectivity index (χ1n) is 6.54. The first-order valence-corrected chi connectivity index (χ1v) is 6.54. The number of hydrogen-bond donors (Lipinski definition) is 0. The minimum Gasteiger partial charge on any atom is -0.290 e. The lowest BCUT2D eigenvalue weighted by molar-refractivity contribution is -0.117. The van der Waals surface area contributed by atoms with Gasteiger partial charge in [0.25, 0.3) is 5.91 Å². The van der Waals surface area contributed by atoms with E-state index in [0.717, 1.165) is 22.3 Å². The van der Waals surface area contributed by atoms with Crippen LogP contribution < -0.4 is 0 Å². The molecule has 0 atom stereocenters. The number of nitrogens with zero attached hydrogens (tertiary/aromatic N) is 1. The van der Waals surface area contributed by atoms with Crippen molar-refractivity contribution in [2.24, 2.45) is 4.99 Å². The number of ketones is 1. The zero-order valence-corrected chi connectivity index (χ0v) is 11.9. The SMILES string of the molecule is CC1=CC(=O)C=C(C)C1=NC(=O)Cc1ccc(C)cc1. The highest BCUT2D eigenvalue weighted by atomic mass is 16.1. The number of rotatable bonds is 2. The average molecular weight is 267 g/mol. The molecule has 20 heavy (non-hydrogen) atoms. The molecule has 0 spiro atoms. The summed E-state index contributed by atoms with van der Waals surface area (Å²) >= 11 is 0. The number of allylic oxidation sites excluding steroid dienone is 4. The van der Waals surface area contributed by atoms with Gasteiger partial charge in [0.15, 0.2) is 5.78 Å². The van der Waals surface area contributed by atoms with Gasteiger partial charge in [-0.1, -0.05) is 29.8 Å². The molecule has 0 N–H and O–H groups in total. The second-order valence-corrected chi connectivity index (χ2v) is 5.07. The molecule has 0 aliphatic heterocycles. The third-order valence-corrected chi connectivity index (χ3v) is 3.18. The summed E-state index contributed by atoms with van der Waals surface area (Å²) in [7, 11) is 0. The van der Waals surface area contributed by atoms with Gasteiger partial charge in [0, 0.05) is 0 Å². The van der Waals surface area contributed by atoms with Crippen LogP contribution in [0.25, 0.3) is 0 Å². The van der Waals surface area contributed by atoms with Crippen molar-refractivity contribution in [3.63, 3.8) is 0 Å². The highest BCUT2D eigenvalue weighted by Crippen LogP contribution is 2.14. The molecule has 102 valence electrons. The van der Waals surface area contributed by atoms with E-state index in [1.165, 1.54) is 12.2 Å². The van der Waals surface area contributed by atoms with Gasteiger partial charge in [-0.05, 0) is 49.6 Å². The molecule has 0 aromatic heterocycles. The van der Waals surface area contributed by atoms with Crippen LogP contribution in [-0.2, 0) is 16.0 Å². The number of amides is 1. The summed E-state index contributed by atoms with van der Waals surface area (Å²) in [5.74, 6) is -0.247. The Morgan fingerprint density at radius 1 is 1.00 bits per heavy atom. The Morgan fingerprint density at radius 2 is 1.55 bits per heavy atom. The summed E-state index contributed by atoms with van der Waals surface area (Å²) in [6.07, 6.45) is 3.29. The van der Waals surface area contributed by atoms with E-state index in [1.54, 1.807) is 13.8 Å². The van der Waals surface area contributed by atoms with Crippen molar-refractivity contribution in [1.29, 1.82) is 0 Å². The Balaban J connectivity index is 2.16. The minimum atomic E-state index is -0.196. The molecule has 3 nitrogen and oxygen atoms in total. The zero-order valence-electron chi connectivity index (χ0n) is 11.9. The molecule has 1 aromatic carbocycles. The standard InChI is InChI=1S/C17H17NO2/c1-11-4-6-14(7-5-11)10-16(20)18-17-12(2)8-15(19)9-13(17)3/h4-9H,10H2,1-3H3. The summed E-state index contributed by atoms with van der Waals surface area (Å²) < 4.78 is 0. The third-order valence-electron chi connectivity index (χ3n) is 3.18. The van der Waals surface area contributed by atoms with E-state index >= 15 is 0 Å². The highest BCUT2D eigenvalue weighted by molar-refractivity contribution is 6.24. The fourth-order valence-electron chi connectivity index (χ4n) is 2.14. The van der Waals surface area contributed by atoms with Crippen LogP contribution in [0.1, 0.15) is 25.0 Å². The fraction of sp³-hybridized carbons (Fsp3) is 0.235. The summed E-state index contributed by atoms with van der Waals surface area (Å²) in [5.41, 5.74) is 4.21. The van der Waals surface area contributed by atoms with E-state index < -0.39 is 0 Å². The van der Waals surface area contributed by atoms with Crippen molar-refractivity contribution in [3.8, 4) is 0 Å². The molecule has 2 rings (SSSR count). The van der Waals surface area contributed by atoms with Crippen LogP contribution in [0, 0.1) is 6.92 Å². The number of aliphatic imine (C=N–C) groups is 1. The molecule has 0 bridgehead atoms. The molecular weight excluding hydrogens is 250 g/mol. The Morgan fingerprint density at radius 3 is 2.10 bits per heavy atom. The quantitative estimate of drug-likeness (QED) is 0.773. The van der Waals surface area contributed by atoms with Crippen molar-refractivity contribution in [3.05, 3.63) is 58.7 Å². The van der Waals surface area contributed by atoms with E-state index in [1.807, 2.05) is 31.2 Å².